The van der Waals surface area contributed by atoms with Crippen LogP contribution in [0.25, 0.3) is 0 Å². The number of rotatable bonds is 2. The summed E-state index contributed by atoms with van der Waals surface area (Å²) in [6, 6.07) is 8.32. The third kappa shape index (κ3) is 2.66. The van der Waals surface area contributed by atoms with Crippen molar-refractivity contribution < 1.29 is 22.0 Å². The molecule has 0 aliphatic heterocycles. The molecular formula is C6H6CoN2O2. The van der Waals surface area contributed by atoms with Gasteiger partial charge >= 0.3 is 0 Å². The van der Waals surface area contributed by atoms with Crippen LogP contribution in [0.15, 0.2) is 35.6 Å². The molecule has 0 amide bonds. The second kappa shape index (κ2) is 4.83. The van der Waals surface area contributed by atoms with Gasteiger partial charge in [0.25, 0.3) is 0 Å². The normalized spacial score (nSPS) is 8.09. The molecular weight excluding hydrogens is 191 g/mol. The van der Waals surface area contributed by atoms with E-state index in [1.54, 1.807) is 30.3 Å². The molecule has 0 bridgehead atoms. The third-order valence-electron chi connectivity index (χ3n) is 1.06. The summed E-state index contributed by atoms with van der Waals surface area (Å²) in [6.45, 7) is 0. The third-order valence-corrected chi connectivity index (χ3v) is 1.06. The first-order chi connectivity index (χ1) is 4.84. The molecule has 0 heterocycles. The summed E-state index contributed by atoms with van der Waals surface area (Å²) < 4.78 is 0. The van der Waals surface area contributed by atoms with E-state index in [4.69, 9.17) is 5.21 Å². The van der Waals surface area contributed by atoms with Crippen molar-refractivity contribution >= 4 is 5.69 Å². The Hall–Kier alpha value is -0.914. The summed E-state index contributed by atoms with van der Waals surface area (Å²) in [7, 11) is 0. The molecule has 0 saturated heterocycles. The molecule has 11 heavy (non-hydrogen) atoms. The van der Waals surface area contributed by atoms with E-state index in [0.29, 0.717) is 5.69 Å². The summed E-state index contributed by atoms with van der Waals surface area (Å²) in [4.78, 5) is 9.73. The van der Waals surface area contributed by atoms with Crippen LogP contribution in [0.3, 0.4) is 0 Å². The van der Waals surface area contributed by atoms with E-state index in [9.17, 15) is 4.91 Å². The minimum Gasteiger partial charge on any atom is -0.265 e. The van der Waals surface area contributed by atoms with Crippen LogP contribution in [-0.2, 0) is 16.8 Å². The molecule has 1 rings (SSSR count). The molecule has 4 nitrogen and oxygen atoms in total. The molecule has 1 aromatic carbocycles. The maximum atomic E-state index is 9.73. The van der Waals surface area contributed by atoms with E-state index in [2.05, 4.69) is 5.29 Å². The van der Waals surface area contributed by atoms with Gasteiger partial charge in [-0.25, -0.2) is 0 Å². The van der Waals surface area contributed by atoms with Crippen molar-refractivity contribution in [2.75, 3.05) is 5.17 Å². The Kier molecular flexibility index (Phi) is 4.43. The topological polar surface area (TPSA) is 52.9 Å². The fourth-order valence-corrected chi connectivity index (χ4v) is 0.608. The Morgan fingerprint density at radius 1 is 1.27 bits per heavy atom. The maximum absolute atomic E-state index is 9.73. The Morgan fingerprint density at radius 2 is 1.82 bits per heavy atom. The first kappa shape index (κ1) is 10.1. The van der Waals surface area contributed by atoms with Crippen molar-refractivity contribution in [2.24, 2.45) is 5.29 Å². The molecule has 1 N–H and O–H groups in total. The van der Waals surface area contributed by atoms with E-state index < -0.39 is 0 Å². The Morgan fingerprint density at radius 3 is 2.27 bits per heavy atom. The molecule has 0 saturated carbocycles. The molecule has 0 aliphatic rings. The minimum absolute atomic E-state index is 0. The zero-order chi connectivity index (χ0) is 7.40. The summed E-state index contributed by atoms with van der Waals surface area (Å²) in [5, 5.41) is 11.3. The van der Waals surface area contributed by atoms with Crippen LogP contribution in [0.2, 0.25) is 0 Å². The van der Waals surface area contributed by atoms with Crippen LogP contribution in [0.4, 0.5) is 5.69 Å². The number of hydrogen-bond acceptors (Lipinski definition) is 3. The van der Waals surface area contributed by atoms with E-state index in [0.717, 1.165) is 0 Å². The van der Waals surface area contributed by atoms with Crippen molar-refractivity contribution in [1.82, 2.24) is 0 Å². The van der Waals surface area contributed by atoms with Crippen LogP contribution < -0.4 is 5.17 Å². The molecule has 0 atom stereocenters. The van der Waals surface area contributed by atoms with Crippen molar-refractivity contribution in [3.63, 3.8) is 0 Å². The number of nitrogens with zero attached hydrogens (tertiary/aromatic N) is 2. The Labute approximate surface area is 73.9 Å². The van der Waals surface area contributed by atoms with Crippen LogP contribution >= 0.6 is 0 Å². The summed E-state index contributed by atoms with van der Waals surface area (Å²) in [6.07, 6.45) is 0. The fourth-order valence-electron chi connectivity index (χ4n) is 0.608. The van der Waals surface area contributed by atoms with Crippen molar-refractivity contribution in [3.8, 4) is 0 Å². The van der Waals surface area contributed by atoms with Crippen LogP contribution in [0, 0.1) is 4.91 Å². The molecule has 1 aromatic rings. The second-order valence-electron chi connectivity index (χ2n) is 1.71. The second-order valence-corrected chi connectivity index (χ2v) is 1.71. The molecule has 61 valence electrons. The standard InChI is InChI=1S/C6H6N2O2.Co/c9-7-8(10)6-4-2-1-3-5-6;/h1-5,10H;. The average molecular weight is 197 g/mol. The number of benzene rings is 1. The van der Waals surface area contributed by atoms with Gasteiger partial charge < -0.3 is 0 Å². The van der Waals surface area contributed by atoms with Gasteiger partial charge in [0.1, 0.15) is 0 Å². The fraction of sp³-hybridized carbons (Fsp3) is 0. The van der Waals surface area contributed by atoms with Crippen LogP contribution in [-0.4, -0.2) is 5.21 Å². The zero-order valence-corrected chi connectivity index (χ0v) is 6.51. The summed E-state index contributed by atoms with van der Waals surface area (Å²) >= 11 is 0. The van der Waals surface area contributed by atoms with Gasteiger partial charge in [0, 0.05) is 16.8 Å². The van der Waals surface area contributed by atoms with Gasteiger partial charge in [-0.3, -0.25) is 5.21 Å². The maximum Gasteiger partial charge on any atom is 0.0932 e. The number of nitroso groups, excluding NO2 is 1. The van der Waals surface area contributed by atoms with Gasteiger partial charge in [0.05, 0.1) is 11.0 Å². The van der Waals surface area contributed by atoms with Crippen LogP contribution in [0.5, 0.6) is 0 Å². The van der Waals surface area contributed by atoms with Crippen molar-refractivity contribution in [2.45, 2.75) is 0 Å². The van der Waals surface area contributed by atoms with Gasteiger partial charge in [-0.15, -0.1) is 10.1 Å². The Bertz CT molecular complexity index is 217. The van der Waals surface area contributed by atoms with Crippen LogP contribution in [0.1, 0.15) is 0 Å². The number of anilines is 1. The number of para-hydroxylation sites is 1. The summed E-state index contributed by atoms with van der Waals surface area (Å²) in [5.41, 5.74) is 0.359. The minimum atomic E-state index is 0. The van der Waals surface area contributed by atoms with E-state index >= 15 is 0 Å². The van der Waals surface area contributed by atoms with E-state index in [1.165, 1.54) is 0 Å². The predicted molar refractivity (Wildman–Crippen MR) is 36.5 cm³/mol. The average Bonchev–Trinajstić information content (AvgIpc) is 2.05. The molecule has 0 aromatic heterocycles. The predicted octanol–water partition coefficient (Wildman–Crippen LogP) is 1.56. The van der Waals surface area contributed by atoms with Gasteiger partial charge in [-0.2, -0.15) is 0 Å². The monoisotopic (exact) mass is 197 g/mol. The Balaban J connectivity index is 0.000001000. The van der Waals surface area contributed by atoms with Crippen molar-refractivity contribution in [3.05, 3.63) is 35.2 Å². The molecule has 0 aliphatic carbocycles. The molecule has 5 heteroatoms. The molecule has 0 spiro atoms. The quantitative estimate of drug-likeness (QED) is 0.578. The first-order valence-corrected chi connectivity index (χ1v) is 2.72. The zero-order valence-electron chi connectivity index (χ0n) is 5.47. The van der Waals surface area contributed by atoms with Gasteiger partial charge in [-0.05, 0) is 12.1 Å². The smallest absolute Gasteiger partial charge is 0.0932 e. The molecule has 1 radical (unpaired) electrons. The van der Waals surface area contributed by atoms with Gasteiger partial charge in [0.15, 0.2) is 0 Å². The molecule has 0 fully saturated rings. The largest absolute Gasteiger partial charge is 0.265 e. The SMILES string of the molecule is O=NN(O)c1ccccc1.[Co]. The number of hydrogen-bond donors (Lipinski definition) is 1. The van der Waals surface area contributed by atoms with E-state index in [-0.39, 0.29) is 22.0 Å². The molecule has 0 unspecified atom stereocenters. The first-order valence-electron chi connectivity index (χ1n) is 2.72. The van der Waals surface area contributed by atoms with Gasteiger partial charge in [0.2, 0.25) is 0 Å². The van der Waals surface area contributed by atoms with E-state index in [1.807, 2.05) is 0 Å². The van der Waals surface area contributed by atoms with Crippen molar-refractivity contribution in [1.29, 1.82) is 0 Å². The van der Waals surface area contributed by atoms with Gasteiger partial charge in [-0.1, -0.05) is 18.2 Å². The summed E-state index contributed by atoms with van der Waals surface area (Å²) in [5.74, 6) is 0.